The van der Waals surface area contributed by atoms with Gasteiger partial charge in [-0.2, -0.15) is 0 Å². The molecule has 2 fully saturated rings. The summed E-state index contributed by atoms with van der Waals surface area (Å²) in [7, 11) is 0. The average Bonchev–Trinajstić information content (AvgIpc) is 3.32. The summed E-state index contributed by atoms with van der Waals surface area (Å²) in [6.45, 7) is 1.98. The van der Waals surface area contributed by atoms with E-state index >= 15 is 0 Å². The van der Waals surface area contributed by atoms with Crippen LogP contribution in [-0.4, -0.2) is 65.1 Å². The number of hydrogen-bond acceptors (Lipinski definition) is 7. The number of amides is 2. The minimum absolute atomic E-state index is 0.0329. The van der Waals surface area contributed by atoms with Crippen molar-refractivity contribution in [1.29, 1.82) is 0 Å². The van der Waals surface area contributed by atoms with Crippen LogP contribution in [-0.2, 0) is 4.79 Å². The smallest absolute Gasteiger partial charge is 0.324 e. The third kappa shape index (κ3) is 3.80. The Hall–Kier alpha value is -2.04. The quantitative estimate of drug-likeness (QED) is 0.495. The van der Waals surface area contributed by atoms with Gasteiger partial charge in [-0.25, -0.2) is 0 Å². The molecule has 1 aromatic rings. The lowest BCUT2D eigenvalue weighted by Gasteiger charge is -2.24. The number of nitrogens with zero attached hydrogens (tertiary/aromatic N) is 2. The molecule has 9 nitrogen and oxygen atoms in total. The Balaban J connectivity index is 1.61. The van der Waals surface area contributed by atoms with Crippen molar-refractivity contribution in [3.8, 4) is 0 Å². The van der Waals surface area contributed by atoms with Crippen molar-refractivity contribution in [3.63, 3.8) is 0 Å². The average molecular weight is 368 g/mol. The van der Waals surface area contributed by atoms with Crippen LogP contribution in [0.5, 0.6) is 0 Å². The van der Waals surface area contributed by atoms with Crippen molar-refractivity contribution in [2.24, 2.45) is 5.92 Å². The predicted molar refractivity (Wildman–Crippen MR) is 90.4 cm³/mol. The standard InChI is InChI=1S/C15H20N4O5S/c20-11-8-16-6-9(11)7-17-14(21)10-2-1-5-18(10)15(22)12-3-4-13(25-12)19(23)24/h3-4,9-11,16,20H,1-2,5-8H2,(H,17,21). The molecular formula is C15H20N4O5S. The highest BCUT2D eigenvalue weighted by atomic mass is 32.1. The Morgan fingerprint density at radius 1 is 1.44 bits per heavy atom. The number of hydrogen-bond donors (Lipinski definition) is 3. The van der Waals surface area contributed by atoms with Crippen molar-refractivity contribution in [2.45, 2.75) is 25.0 Å². The minimum Gasteiger partial charge on any atom is -0.391 e. The van der Waals surface area contributed by atoms with Gasteiger partial charge in [0.15, 0.2) is 0 Å². The predicted octanol–water partition coefficient (Wildman–Crippen LogP) is -0.0426. The molecule has 2 amide bonds. The Morgan fingerprint density at radius 3 is 2.88 bits per heavy atom. The number of aliphatic hydroxyl groups is 1. The second-order valence-corrected chi connectivity index (χ2v) is 7.34. The van der Waals surface area contributed by atoms with E-state index in [0.29, 0.717) is 39.0 Å². The Labute approximate surface area is 148 Å². The van der Waals surface area contributed by atoms with Crippen molar-refractivity contribution in [3.05, 3.63) is 27.1 Å². The fourth-order valence-corrected chi connectivity index (χ4v) is 4.02. The lowest BCUT2D eigenvalue weighted by molar-refractivity contribution is -0.380. The van der Waals surface area contributed by atoms with E-state index in [2.05, 4.69) is 10.6 Å². The maximum atomic E-state index is 12.6. The first-order valence-electron chi connectivity index (χ1n) is 8.19. The molecule has 3 heterocycles. The Morgan fingerprint density at radius 2 is 2.24 bits per heavy atom. The molecule has 136 valence electrons. The van der Waals surface area contributed by atoms with Crippen LogP contribution in [0, 0.1) is 16.0 Å². The molecule has 25 heavy (non-hydrogen) atoms. The van der Waals surface area contributed by atoms with Crippen molar-refractivity contribution >= 4 is 28.2 Å². The van der Waals surface area contributed by atoms with Crippen molar-refractivity contribution in [2.75, 3.05) is 26.2 Å². The molecule has 1 aromatic heterocycles. The fourth-order valence-electron chi connectivity index (χ4n) is 3.24. The third-order valence-electron chi connectivity index (χ3n) is 4.64. The molecule has 0 spiro atoms. The van der Waals surface area contributed by atoms with Crippen molar-refractivity contribution in [1.82, 2.24) is 15.5 Å². The van der Waals surface area contributed by atoms with Crippen LogP contribution in [0.15, 0.2) is 12.1 Å². The van der Waals surface area contributed by atoms with Crippen molar-refractivity contribution < 1.29 is 19.6 Å². The van der Waals surface area contributed by atoms with Gasteiger partial charge in [-0.1, -0.05) is 11.3 Å². The van der Waals surface area contributed by atoms with Gasteiger partial charge in [0.1, 0.15) is 6.04 Å². The third-order valence-corrected chi connectivity index (χ3v) is 5.67. The molecule has 2 saturated heterocycles. The molecule has 0 bridgehead atoms. The molecular weight excluding hydrogens is 348 g/mol. The van der Waals surface area contributed by atoms with Gasteiger partial charge >= 0.3 is 5.00 Å². The van der Waals surface area contributed by atoms with E-state index in [1.807, 2.05) is 0 Å². The first-order valence-corrected chi connectivity index (χ1v) is 9.00. The minimum atomic E-state index is -0.569. The van der Waals surface area contributed by atoms with Crippen LogP contribution in [0.1, 0.15) is 22.5 Å². The van der Waals surface area contributed by atoms with Gasteiger partial charge in [0.25, 0.3) is 5.91 Å². The molecule has 0 radical (unpaired) electrons. The zero-order valence-electron chi connectivity index (χ0n) is 13.5. The van der Waals surface area contributed by atoms with E-state index in [-0.39, 0.29) is 27.6 Å². The second kappa shape index (κ2) is 7.46. The van der Waals surface area contributed by atoms with Gasteiger partial charge in [0, 0.05) is 38.2 Å². The summed E-state index contributed by atoms with van der Waals surface area (Å²) in [4.78, 5) is 37.0. The molecule has 2 aliphatic rings. The maximum Gasteiger partial charge on any atom is 0.324 e. The van der Waals surface area contributed by atoms with E-state index in [1.165, 1.54) is 17.0 Å². The highest BCUT2D eigenvalue weighted by molar-refractivity contribution is 7.17. The van der Waals surface area contributed by atoms with Gasteiger partial charge < -0.3 is 20.6 Å². The Kier molecular flexibility index (Phi) is 5.30. The van der Waals surface area contributed by atoms with Gasteiger partial charge in [0.2, 0.25) is 5.91 Å². The van der Waals surface area contributed by atoms with Gasteiger partial charge in [-0.15, -0.1) is 0 Å². The summed E-state index contributed by atoms with van der Waals surface area (Å²) < 4.78 is 0. The van der Waals surface area contributed by atoms with Crippen LogP contribution in [0.4, 0.5) is 5.00 Å². The summed E-state index contributed by atoms with van der Waals surface area (Å²) in [5.74, 6) is -0.622. The molecule has 3 atom stereocenters. The normalized spacial score (nSPS) is 26.0. The summed E-state index contributed by atoms with van der Waals surface area (Å²) in [5.41, 5.74) is 0. The number of thiophene rings is 1. The second-order valence-electron chi connectivity index (χ2n) is 6.28. The number of carbonyl (C=O) groups is 2. The van der Waals surface area contributed by atoms with E-state index in [0.717, 1.165) is 11.3 Å². The van der Waals surface area contributed by atoms with E-state index in [9.17, 15) is 24.8 Å². The van der Waals surface area contributed by atoms with Crippen LogP contribution in [0.3, 0.4) is 0 Å². The zero-order valence-corrected chi connectivity index (χ0v) is 14.3. The number of rotatable bonds is 5. The largest absolute Gasteiger partial charge is 0.391 e. The zero-order chi connectivity index (χ0) is 18.0. The fraction of sp³-hybridized carbons (Fsp3) is 0.600. The molecule has 10 heteroatoms. The lowest BCUT2D eigenvalue weighted by atomic mass is 10.1. The number of aliphatic hydroxyl groups excluding tert-OH is 1. The summed E-state index contributed by atoms with van der Waals surface area (Å²) in [5, 5.41) is 26.3. The first kappa shape index (κ1) is 17.8. The van der Waals surface area contributed by atoms with E-state index < -0.39 is 17.1 Å². The monoisotopic (exact) mass is 368 g/mol. The maximum absolute atomic E-state index is 12.6. The summed E-state index contributed by atoms with van der Waals surface area (Å²) in [6.07, 6.45) is 0.801. The number of carbonyl (C=O) groups excluding carboxylic acids is 2. The van der Waals surface area contributed by atoms with Crippen LogP contribution < -0.4 is 10.6 Å². The molecule has 0 aliphatic carbocycles. The van der Waals surface area contributed by atoms with Gasteiger partial charge in [0.05, 0.1) is 15.9 Å². The topological polar surface area (TPSA) is 125 Å². The molecule has 3 unspecified atom stereocenters. The van der Waals surface area contributed by atoms with Crippen LogP contribution >= 0.6 is 11.3 Å². The first-order chi connectivity index (χ1) is 12.0. The SMILES string of the molecule is O=C(NCC1CNCC1O)C1CCCN1C(=O)c1ccc([N+](=O)[O-])s1. The highest BCUT2D eigenvalue weighted by Gasteiger charge is 2.36. The van der Waals surface area contributed by atoms with Crippen LogP contribution in [0.2, 0.25) is 0 Å². The van der Waals surface area contributed by atoms with Gasteiger partial charge in [-0.3, -0.25) is 19.7 Å². The Bertz CT molecular complexity index is 679. The van der Waals surface area contributed by atoms with E-state index in [4.69, 9.17) is 0 Å². The molecule has 0 saturated carbocycles. The highest BCUT2D eigenvalue weighted by Crippen LogP contribution is 2.28. The summed E-state index contributed by atoms with van der Waals surface area (Å²) >= 11 is 0.820. The van der Waals surface area contributed by atoms with Gasteiger partial charge in [-0.05, 0) is 18.9 Å². The number of nitro groups is 1. The summed E-state index contributed by atoms with van der Waals surface area (Å²) in [6, 6.07) is 2.16. The number of likely N-dealkylation sites (tertiary alicyclic amines) is 1. The number of nitrogens with one attached hydrogen (secondary N) is 2. The molecule has 0 aromatic carbocycles. The molecule has 2 aliphatic heterocycles. The number of β-amino-alcohol motifs (C(OH)–C–C–N with tert-alkyl or cyclic N) is 1. The van der Waals surface area contributed by atoms with Crippen LogP contribution in [0.25, 0.3) is 0 Å². The molecule has 3 rings (SSSR count). The lowest BCUT2D eigenvalue weighted by Crippen LogP contribution is -2.47. The molecule has 3 N–H and O–H groups in total. The van der Waals surface area contributed by atoms with E-state index in [1.54, 1.807) is 0 Å².